The number of nitrogens with one attached hydrogen (secondary N) is 2. The molecule has 10 rings (SSSR count). The van der Waals surface area contributed by atoms with Crippen molar-refractivity contribution in [3.05, 3.63) is 52.1 Å². The van der Waals surface area contributed by atoms with Crippen molar-refractivity contribution in [2.45, 2.75) is 143 Å². The fourth-order valence-corrected chi connectivity index (χ4v) is 13.3. The van der Waals surface area contributed by atoms with Crippen molar-refractivity contribution in [1.29, 1.82) is 0 Å². The van der Waals surface area contributed by atoms with Crippen LogP contribution in [0.15, 0.2) is 35.8 Å². The molecule has 78 heavy (non-hydrogen) atoms. The first-order valence-corrected chi connectivity index (χ1v) is 29.8. The van der Waals surface area contributed by atoms with E-state index in [2.05, 4.69) is 95.8 Å². The Hall–Kier alpha value is -5.02. The summed E-state index contributed by atoms with van der Waals surface area (Å²) in [5.41, 5.74) is 10.2. The number of thiazole rings is 1. The summed E-state index contributed by atoms with van der Waals surface area (Å²) in [5.74, 6) is -2.61. The van der Waals surface area contributed by atoms with E-state index in [-0.39, 0.29) is 43.2 Å². The number of pyridine rings is 1. The summed E-state index contributed by atoms with van der Waals surface area (Å²) in [4.78, 5) is 77.8. The third-order valence-electron chi connectivity index (χ3n) is 17.2. The highest BCUT2D eigenvalue weighted by Crippen LogP contribution is 2.48. The summed E-state index contributed by atoms with van der Waals surface area (Å²) in [7, 11) is 1.73. The number of aromatic nitrogens is 3. The average molecular weight is 1090 g/mol. The number of hydrogen-bond donors (Lipinski definition) is 2. The van der Waals surface area contributed by atoms with Gasteiger partial charge in [-0.25, -0.2) is 10.4 Å². The predicted octanol–water partition coefficient (Wildman–Crippen LogP) is 6.86. The third kappa shape index (κ3) is 11.9. The molecule has 7 heterocycles. The zero-order valence-corrected chi connectivity index (χ0v) is 48.5. The van der Waals surface area contributed by atoms with Crippen LogP contribution in [0.3, 0.4) is 0 Å². The SMILES string of the molecule is CCO[C@@H]1c2nc(cs2)-c2ccc3c(c2)c(c(-c2cc(N4CCN(C5CC5)CC4)cnc2[C@H](C)OC)n3CCOC(C)C)CC(C)(C)COC(=O)[C@@H]2CCCN(N2)C(=O)[C@H]1NC(=O)[C@@H]1[C@@H](C)[C@H]1C(=O)N1CCN(C(C)C)CC1. The highest BCUT2D eigenvalue weighted by Gasteiger charge is 2.58. The Bertz CT molecular complexity index is 2810. The first-order chi connectivity index (χ1) is 37.4. The van der Waals surface area contributed by atoms with E-state index in [0.717, 1.165) is 90.0 Å². The van der Waals surface area contributed by atoms with Crippen LogP contribution in [0.2, 0.25) is 0 Å². The van der Waals surface area contributed by atoms with Crippen LogP contribution in [0.5, 0.6) is 0 Å². The fourth-order valence-electron chi connectivity index (χ4n) is 12.4. The molecule has 0 spiro atoms. The number of fused-ring (bicyclic) bond motifs is 6. The van der Waals surface area contributed by atoms with E-state index in [4.69, 9.17) is 28.9 Å². The lowest BCUT2D eigenvalue weighted by Crippen LogP contribution is -2.61. The highest BCUT2D eigenvalue weighted by atomic mass is 32.1. The van der Waals surface area contributed by atoms with E-state index in [1.807, 2.05) is 37.2 Å². The lowest BCUT2D eigenvalue weighted by atomic mass is 9.84. The number of hydrogen-bond acceptors (Lipinski definition) is 15. The maximum absolute atomic E-state index is 15.1. The minimum absolute atomic E-state index is 0.0190. The van der Waals surface area contributed by atoms with Gasteiger partial charge < -0.3 is 38.6 Å². The van der Waals surface area contributed by atoms with Crippen molar-refractivity contribution in [1.82, 2.24) is 45.0 Å². The normalized spacial score (nSPS) is 25.9. The lowest BCUT2D eigenvalue weighted by molar-refractivity contribution is -0.156. The number of anilines is 1. The molecular formula is C59H84N10O8S. The molecule has 4 aliphatic heterocycles. The quantitative estimate of drug-likeness (QED) is 0.118. The zero-order valence-electron chi connectivity index (χ0n) is 47.7. The molecule has 424 valence electrons. The second-order valence-corrected chi connectivity index (χ2v) is 24.8. The number of nitrogens with zero attached hydrogens (tertiary/aromatic N) is 8. The minimum atomic E-state index is -1.23. The number of carbonyl (C=O) groups is 4. The van der Waals surface area contributed by atoms with E-state index >= 15 is 4.79 Å². The summed E-state index contributed by atoms with van der Waals surface area (Å²) >= 11 is 1.38. The Morgan fingerprint density at radius 3 is 2.41 bits per heavy atom. The number of rotatable bonds is 15. The zero-order chi connectivity index (χ0) is 55.2. The Kier molecular flexibility index (Phi) is 17.0. The minimum Gasteiger partial charge on any atom is -0.464 e. The number of piperazine rings is 2. The number of amides is 3. The van der Waals surface area contributed by atoms with Crippen LogP contribution in [0.1, 0.15) is 116 Å². The van der Waals surface area contributed by atoms with Gasteiger partial charge in [0.25, 0.3) is 5.91 Å². The monoisotopic (exact) mass is 1090 g/mol. The Balaban J connectivity index is 1.06. The number of hydrazine groups is 1. The van der Waals surface area contributed by atoms with Gasteiger partial charge >= 0.3 is 5.97 Å². The molecule has 4 aromatic rings. The molecule has 3 aromatic heterocycles. The third-order valence-corrected chi connectivity index (χ3v) is 18.1. The summed E-state index contributed by atoms with van der Waals surface area (Å²) in [6.07, 6.45) is 4.83. The fraction of sp³-hybridized carbons (Fsp3) is 0.661. The molecule has 2 N–H and O–H groups in total. The van der Waals surface area contributed by atoms with Crippen LogP contribution in [-0.2, 0) is 51.1 Å². The van der Waals surface area contributed by atoms with Crippen LogP contribution in [0.4, 0.5) is 5.69 Å². The molecule has 0 radical (unpaired) electrons. The van der Waals surface area contributed by atoms with Crippen molar-refractivity contribution in [3.63, 3.8) is 0 Å². The van der Waals surface area contributed by atoms with Gasteiger partial charge in [-0.1, -0.05) is 26.8 Å². The molecule has 3 saturated heterocycles. The van der Waals surface area contributed by atoms with Crippen molar-refractivity contribution >= 4 is 51.6 Å². The van der Waals surface area contributed by atoms with E-state index in [1.165, 1.54) is 29.2 Å². The molecule has 6 bridgehead atoms. The summed E-state index contributed by atoms with van der Waals surface area (Å²) in [6, 6.07) is 7.84. The predicted molar refractivity (Wildman–Crippen MR) is 302 cm³/mol. The summed E-state index contributed by atoms with van der Waals surface area (Å²) in [5, 5.41) is 8.08. The Morgan fingerprint density at radius 2 is 1.72 bits per heavy atom. The van der Waals surface area contributed by atoms with E-state index in [1.54, 1.807) is 7.11 Å². The number of esters is 1. The molecule has 7 atom stereocenters. The highest BCUT2D eigenvalue weighted by molar-refractivity contribution is 7.10. The van der Waals surface area contributed by atoms with Crippen LogP contribution < -0.4 is 15.6 Å². The van der Waals surface area contributed by atoms with E-state index < -0.39 is 47.3 Å². The van der Waals surface area contributed by atoms with Crippen LogP contribution in [0.25, 0.3) is 33.4 Å². The standard InChI is InChI=1S/C59H84N10O8S/c1-11-75-53-51(62-54(70)48-37(6)49(48)56(71)67-25-19-64(20-26-67)35(2)3)57(72)69-18-12-13-45(63-69)58(73)77-34-59(8,9)31-44-42-29-39(46-33-78-55(53)61-46)14-17-47(42)68(27-28-76-36(4)5)52(44)43-30-41(32-60-50(43)38(7)74-10)66-23-21-65(22-24-66)40-15-16-40/h14,17,29-30,32-33,35-38,40,45,48-49,51,53,63H,11-13,15-16,18-28,31,34H2,1-10H3,(H,62,70)/t37-,38+,45+,48-,49-,51+,53+/m1/s1. The second kappa shape index (κ2) is 23.6. The Morgan fingerprint density at radius 1 is 0.962 bits per heavy atom. The van der Waals surface area contributed by atoms with Gasteiger partial charge in [-0.05, 0) is 103 Å². The van der Waals surface area contributed by atoms with Crippen molar-refractivity contribution in [3.8, 4) is 22.5 Å². The molecule has 3 amide bonds. The number of ether oxygens (including phenoxy) is 4. The average Bonchev–Trinajstić information content (AvgIpc) is 4.52. The van der Waals surface area contributed by atoms with Gasteiger partial charge in [0.05, 0.1) is 66.2 Å². The molecule has 2 saturated carbocycles. The van der Waals surface area contributed by atoms with E-state index in [0.29, 0.717) is 68.8 Å². The molecule has 1 aromatic carbocycles. The Labute approximate surface area is 464 Å². The van der Waals surface area contributed by atoms with Gasteiger partial charge in [0.15, 0.2) is 0 Å². The molecule has 18 nitrogen and oxygen atoms in total. The maximum atomic E-state index is 15.1. The van der Waals surface area contributed by atoms with Crippen molar-refractivity contribution < 1.29 is 38.1 Å². The van der Waals surface area contributed by atoms with E-state index in [9.17, 15) is 14.4 Å². The van der Waals surface area contributed by atoms with Crippen LogP contribution in [-0.4, -0.2) is 174 Å². The molecule has 0 unspecified atom stereocenters. The molecule has 2 aliphatic carbocycles. The van der Waals surface area contributed by atoms with Gasteiger partial charge in [-0.3, -0.25) is 39.0 Å². The lowest BCUT2D eigenvalue weighted by Gasteiger charge is -2.37. The van der Waals surface area contributed by atoms with Gasteiger partial charge in [0, 0.05) is 124 Å². The first-order valence-electron chi connectivity index (χ1n) is 28.9. The van der Waals surface area contributed by atoms with Crippen LogP contribution in [0, 0.1) is 23.2 Å². The van der Waals surface area contributed by atoms with Gasteiger partial charge in [0.2, 0.25) is 11.8 Å². The molecular weight excluding hydrogens is 1010 g/mol. The number of benzene rings is 1. The van der Waals surface area contributed by atoms with Gasteiger partial charge in [-0.15, -0.1) is 11.3 Å². The van der Waals surface area contributed by atoms with Crippen LogP contribution >= 0.6 is 11.3 Å². The van der Waals surface area contributed by atoms with Gasteiger partial charge in [-0.2, -0.15) is 0 Å². The molecule has 19 heteroatoms. The van der Waals surface area contributed by atoms with Crippen molar-refractivity contribution in [2.24, 2.45) is 23.2 Å². The number of cyclic esters (lactones) is 1. The van der Waals surface area contributed by atoms with Gasteiger partial charge in [0.1, 0.15) is 23.2 Å². The smallest absolute Gasteiger partial charge is 0.324 e. The topological polar surface area (TPSA) is 176 Å². The second-order valence-electron chi connectivity index (χ2n) is 24.0. The molecule has 5 fully saturated rings. The number of carbonyl (C=O) groups excluding carboxylic acids is 4. The number of methoxy groups -OCH3 is 1. The molecule has 6 aliphatic rings. The summed E-state index contributed by atoms with van der Waals surface area (Å²) in [6.45, 7) is 26.9. The largest absolute Gasteiger partial charge is 0.464 e. The first kappa shape index (κ1) is 56.3. The van der Waals surface area contributed by atoms with Crippen molar-refractivity contribution in [2.75, 3.05) is 90.7 Å². The summed E-state index contributed by atoms with van der Waals surface area (Å²) < 4.78 is 27.6. The maximum Gasteiger partial charge on any atom is 0.324 e.